The molecule has 9 heteroatoms. The summed E-state index contributed by atoms with van der Waals surface area (Å²) in [6.45, 7) is 0.665. The van der Waals surface area contributed by atoms with Crippen molar-refractivity contribution in [1.29, 1.82) is 0 Å². The number of rotatable bonds is 5. The zero-order chi connectivity index (χ0) is 21.0. The summed E-state index contributed by atoms with van der Waals surface area (Å²) in [5, 5.41) is 4.99. The van der Waals surface area contributed by atoms with Gasteiger partial charge in [-0.25, -0.2) is 4.79 Å². The monoisotopic (exact) mass is 407 g/mol. The van der Waals surface area contributed by atoms with Crippen LogP contribution in [0.5, 0.6) is 5.75 Å². The minimum atomic E-state index is -4.48. The van der Waals surface area contributed by atoms with Crippen molar-refractivity contribution in [2.24, 2.45) is 5.92 Å². The molecule has 0 aliphatic carbocycles. The summed E-state index contributed by atoms with van der Waals surface area (Å²) in [7, 11) is 1.56. The molecule has 1 saturated heterocycles. The van der Waals surface area contributed by atoms with Gasteiger partial charge in [-0.1, -0.05) is 6.07 Å². The zero-order valence-electron chi connectivity index (χ0n) is 15.6. The van der Waals surface area contributed by atoms with Gasteiger partial charge in [0.2, 0.25) is 5.91 Å². The minimum Gasteiger partial charge on any atom is -0.497 e. The second-order valence-electron chi connectivity index (χ2n) is 6.69. The predicted octanol–water partition coefficient (Wildman–Crippen LogP) is 3.89. The Bertz CT molecular complexity index is 885. The lowest BCUT2D eigenvalue weighted by molar-refractivity contribution is -0.137. The van der Waals surface area contributed by atoms with Crippen LogP contribution in [0.1, 0.15) is 12.0 Å². The van der Waals surface area contributed by atoms with Gasteiger partial charge in [0.15, 0.2) is 0 Å². The molecule has 0 bridgehead atoms. The first-order valence-corrected chi connectivity index (χ1v) is 8.93. The number of amides is 3. The number of nitrogens with one attached hydrogen (secondary N) is 2. The van der Waals surface area contributed by atoms with Gasteiger partial charge in [-0.3, -0.25) is 4.79 Å². The summed E-state index contributed by atoms with van der Waals surface area (Å²) in [4.78, 5) is 25.9. The Labute approximate surface area is 165 Å². The van der Waals surface area contributed by atoms with E-state index in [0.29, 0.717) is 12.3 Å². The number of halogens is 3. The quantitative estimate of drug-likeness (QED) is 0.790. The Hall–Kier alpha value is -3.23. The topological polar surface area (TPSA) is 70.7 Å². The summed E-state index contributed by atoms with van der Waals surface area (Å²) in [6, 6.07) is 10.9. The molecule has 0 spiro atoms. The molecule has 0 unspecified atom stereocenters. The second kappa shape index (κ2) is 8.42. The van der Waals surface area contributed by atoms with Gasteiger partial charge in [-0.15, -0.1) is 0 Å². The smallest absolute Gasteiger partial charge is 0.416 e. The van der Waals surface area contributed by atoms with Crippen molar-refractivity contribution in [2.45, 2.75) is 12.6 Å². The third-order valence-corrected chi connectivity index (χ3v) is 4.59. The van der Waals surface area contributed by atoms with E-state index < -0.39 is 17.8 Å². The maximum absolute atomic E-state index is 12.7. The SMILES string of the molecule is COc1ccc(N2C[C@H](CNC(=O)Nc3cccc(C(F)(F)F)c3)CC2=O)cc1. The van der Waals surface area contributed by atoms with Gasteiger partial charge in [-0.05, 0) is 42.5 Å². The first-order valence-electron chi connectivity index (χ1n) is 8.93. The lowest BCUT2D eigenvalue weighted by atomic mass is 10.1. The van der Waals surface area contributed by atoms with Crippen LogP contribution in [0.3, 0.4) is 0 Å². The van der Waals surface area contributed by atoms with E-state index in [4.69, 9.17) is 4.74 Å². The van der Waals surface area contributed by atoms with Crippen LogP contribution in [-0.2, 0) is 11.0 Å². The van der Waals surface area contributed by atoms with Gasteiger partial charge in [0, 0.05) is 36.8 Å². The van der Waals surface area contributed by atoms with Gasteiger partial charge in [-0.2, -0.15) is 13.2 Å². The van der Waals surface area contributed by atoms with Crippen LogP contribution in [-0.4, -0.2) is 32.1 Å². The number of anilines is 2. The van der Waals surface area contributed by atoms with Gasteiger partial charge >= 0.3 is 12.2 Å². The van der Waals surface area contributed by atoms with Crippen molar-refractivity contribution in [3.8, 4) is 5.75 Å². The van der Waals surface area contributed by atoms with Crippen LogP contribution in [0.25, 0.3) is 0 Å². The molecule has 1 heterocycles. The third kappa shape index (κ3) is 5.18. The number of hydrogen-bond donors (Lipinski definition) is 2. The van der Waals surface area contributed by atoms with E-state index in [2.05, 4.69) is 10.6 Å². The molecule has 3 amide bonds. The maximum Gasteiger partial charge on any atom is 0.416 e. The van der Waals surface area contributed by atoms with E-state index in [9.17, 15) is 22.8 Å². The third-order valence-electron chi connectivity index (χ3n) is 4.59. The predicted molar refractivity (Wildman–Crippen MR) is 102 cm³/mol. The number of alkyl halides is 3. The summed E-state index contributed by atoms with van der Waals surface area (Å²) in [6.07, 6.45) is -4.21. The van der Waals surface area contributed by atoms with Gasteiger partial charge in [0.25, 0.3) is 0 Å². The molecule has 1 aliphatic rings. The van der Waals surface area contributed by atoms with Crippen molar-refractivity contribution in [3.63, 3.8) is 0 Å². The highest BCUT2D eigenvalue weighted by Crippen LogP contribution is 2.30. The molecule has 6 nitrogen and oxygen atoms in total. The van der Waals surface area contributed by atoms with Gasteiger partial charge < -0.3 is 20.3 Å². The fourth-order valence-electron chi connectivity index (χ4n) is 3.12. The van der Waals surface area contributed by atoms with Crippen LogP contribution in [0.4, 0.5) is 29.3 Å². The highest BCUT2D eigenvalue weighted by atomic mass is 19.4. The number of urea groups is 1. The summed E-state index contributed by atoms with van der Waals surface area (Å²) < 4.78 is 43.3. The summed E-state index contributed by atoms with van der Waals surface area (Å²) in [5.74, 6) is 0.530. The van der Waals surface area contributed by atoms with Gasteiger partial charge in [0.05, 0.1) is 12.7 Å². The number of nitrogens with zero attached hydrogens (tertiary/aromatic N) is 1. The Morgan fingerprint density at radius 1 is 1.21 bits per heavy atom. The van der Waals surface area contributed by atoms with E-state index in [1.807, 2.05) is 0 Å². The zero-order valence-corrected chi connectivity index (χ0v) is 15.6. The molecule has 0 aromatic heterocycles. The lowest BCUT2D eigenvalue weighted by Gasteiger charge is -2.17. The molecule has 1 atom stereocenters. The molecule has 2 aromatic carbocycles. The number of carbonyl (C=O) groups is 2. The lowest BCUT2D eigenvalue weighted by Crippen LogP contribution is -2.34. The van der Waals surface area contributed by atoms with Crippen molar-refractivity contribution in [1.82, 2.24) is 5.32 Å². The average molecular weight is 407 g/mol. The molecule has 2 N–H and O–H groups in total. The molecule has 154 valence electrons. The standard InChI is InChI=1S/C20H20F3N3O3/c1-29-17-7-5-16(6-8-17)26-12-13(9-18(26)27)11-24-19(28)25-15-4-2-3-14(10-15)20(21,22)23/h2-8,10,13H,9,11-12H2,1H3,(H2,24,25,28)/t13-/m0/s1. The first-order chi connectivity index (χ1) is 13.8. The molecular formula is C20H20F3N3O3. The van der Waals surface area contributed by atoms with Crippen molar-refractivity contribution < 1.29 is 27.5 Å². The van der Waals surface area contributed by atoms with Crippen LogP contribution in [0.15, 0.2) is 48.5 Å². The highest BCUT2D eigenvalue weighted by molar-refractivity contribution is 5.96. The van der Waals surface area contributed by atoms with E-state index in [0.717, 1.165) is 17.8 Å². The summed E-state index contributed by atoms with van der Waals surface area (Å²) in [5.41, 5.74) is -0.0572. The second-order valence-corrected chi connectivity index (χ2v) is 6.69. The largest absolute Gasteiger partial charge is 0.497 e. The first kappa shape index (κ1) is 20.5. The molecule has 2 aromatic rings. The fraction of sp³-hybridized carbons (Fsp3) is 0.300. The molecule has 1 aliphatic heterocycles. The van der Waals surface area contributed by atoms with Crippen molar-refractivity contribution in [3.05, 3.63) is 54.1 Å². The van der Waals surface area contributed by atoms with Crippen molar-refractivity contribution >= 4 is 23.3 Å². The van der Waals surface area contributed by atoms with E-state index in [-0.39, 0.29) is 30.5 Å². The Balaban J connectivity index is 1.52. The number of ether oxygens (including phenoxy) is 1. The molecule has 3 rings (SSSR count). The number of benzene rings is 2. The van der Waals surface area contributed by atoms with E-state index in [1.54, 1.807) is 36.3 Å². The van der Waals surface area contributed by atoms with E-state index >= 15 is 0 Å². The summed E-state index contributed by atoms with van der Waals surface area (Å²) >= 11 is 0. The van der Waals surface area contributed by atoms with Gasteiger partial charge in [0.1, 0.15) is 5.75 Å². The highest BCUT2D eigenvalue weighted by Gasteiger charge is 2.31. The van der Waals surface area contributed by atoms with Crippen LogP contribution < -0.4 is 20.3 Å². The Kier molecular flexibility index (Phi) is 5.95. The number of methoxy groups -OCH3 is 1. The Morgan fingerprint density at radius 3 is 2.59 bits per heavy atom. The number of hydrogen-bond acceptors (Lipinski definition) is 3. The minimum absolute atomic E-state index is 0.0414. The fourth-order valence-corrected chi connectivity index (χ4v) is 3.12. The molecule has 29 heavy (non-hydrogen) atoms. The molecule has 0 saturated carbocycles. The van der Waals surface area contributed by atoms with Crippen LogP contribution >= 0.6 is 0 Å². The van der Waals surface area contributed by atoms with Crippen molar-refractivity contribution in [2.75, 3.05) is 30.4 Å². The average Bonchev–Trinajstić information content (AvgIpc) is 3.07. The van der Waals surface area contributed by atoms with E-state index in [1.165, 1.54) is 12.1 Å². The van der Waals surface area contributed by atoms with Crippen LogP contribution in [0, 0.1) is 5.92 Å². The molecule has 0 radical (unpaired) electrons. The number of carbonyl (C=O) groups excluding carboxylic acids is 2. The Morgan fingerprint density at radius 2 is 1.93 bits per heavy atom. The molecular weight excluding hydrogens is 387 g/mol. The maximum atomic E-state index is 12.7. The normalized spacial score (nSPS) is 16.6. The van der Waals surface area contributed by atoms with Crippen LogP contribution in [0.2, 0.25) is 0 Å². The molecule has 1 fully saturated rings.